The molecule has 0 aliphatic heterocycles. The highest BCUT2D eigenvalue weighted by Gasteiger charge is 2.24. The van der Waals surface area contributed by atoms with Crippen LogP contribution in [-0.4, -0.2) is 46.5 Å². The first-order valence-corrected chi connectivity index (χ1v) is 9.35. The minimum atomic E-state index is -0.609. The molecule has 3 N–H and O–H groups in total. The number of rotatable bonds is 10. The molecule has 0 unspecified atom stereocenters. The van der Waals surface area contributed by atoms with Crippen LogP contribution in [0.2, 0.25) is 0 Å². The Morgan fingerprint density at radius 3 is 2.48 bits per heavy atom. The Morgan fingerprint density at radius 2 is 1.87 bits per heavy atom. The Labute approximate surface area is 142 Å². The maximum atomic E-state index is 12.3. The average molecular weight is 344 g/mol. The molecule has 1 atom stereocenters. The van der Waals surface area contributed by atoms with E-state index in [1.165, 1.54) is 11.8 Å². The second-order valence-electron chi connectivity index (χ2n) is 5.96. The Morgan fingerprint density at radius 1 is 1.17 bits per heavy atom. The van der Waals surface area contributed by atoms with Crippen molar-refractivity contribution in [2.45, 2.75) is 70.4 Å². The smallest absolute Gasteiger partial charge is 0.246 e. The summed E-state index contributed by atoms with van der Waals surface area (Å²) in [7, 11) is 0. The summed E-state index contributed by atoms with van der Waals surface area (Å²) < 4.78 is 0. The summed E-state index contributed by atoms with van der Waals surface area (Å²) in [6, 6.07) is -0.376. The number of amides is 2. The molecule has 1 aliphatic rings. The van der Waals surface area contributed by atoms with Crippen LogP contribution in [0.5, 0.6) is 0 Å². The summed E-state index contributed by atoms with van der Waals surface area (Å²) in [6.07, 6.45) is 7.42. The summed E-state index contributed by atoms with van der Waals surface area (Å²) in [6.45, 7) is 0.945. The largest absolute Gasteiger partial charge is 0.387 e. The van der Waals surface area contributed by atoms with Crippen molar-refractivity contribution in [1.82, 2.24) is 10.6 Å². The summed E-state index contributed by atoms with van der Waals surface area (Å²) in [5, 5.41) is 14.6. The summed E-state index contributed by atoms with van der Waals surface area (Å²) in [5.74, 6) is 0.109. The second-order valence-corrected chi connectivity index (χ2v) is 7.23. The summed E-state index contributed by atoms with van der Waals surface area (Å²) >= 11 is 1.31. The molecule has 7 heteroatoms. The fraction of sp³-hybridized carbons (Fsp3) is 0.812. The zero-order valence-electron chi connectivity index (χ0n) is 13.8. The van der Waals surface area contributed by atoms with Crippen molar-refractivity contribution in [3.8, 4) is 0 Å². The molecule has 1 rings (SSSR count). The molecule has 0 aromatic heterocycles. The fourth-order valence-electron chi connectivity index (χ4n) is 2.72. The standard InChI is InChI=1S/C16H28N2O4S/c1-12(20)23-10-6-2-3-9-14(18-15(21)11-19)16(22)17-13-7-4-5-8-13/h13-14,19H,2-11H2,1H3,(H,17,22)(H,18,21)/t14-/m0/s1. The lowest BCUT2D eigenvalue weighted by atomic mass is 10.1. The van der Waals surface area contributed by atoms with Gasteiger partial charge in [-0.3, -0.25) is 14.4 Å². The lowest BCUT2D eigenvalue weighted by Crippen LogP contribution is -2.49. The SMILES string of the molecule is CC(=O)SCCCCC[C@H](NC(=O)CO)C(=O)NC1CCCC1. The molecule has 6 nitrogen and oxygen atoms in total. The number of aliphatic hydroxyl groups excluding tert-OH is 1. The van der Waals surface area contributed by atoms with Gasteiger partial charge in [-0.05, 0) is 25.7 Å². The molecule has 0 aromatic rings. The maximum Gasteiger partial charge on any atom is 0.246 e. The lowest BCUT2D eigenvalue weighted by molar-refractivity contribution is -0.130. The number of hydrogen-bond acceptors (Lipinski definition) is 5. The van der Waals surface area contributed by atoms with E-state index in [4.69, 9.17) is 5.11 Å². The number of carbonyl (C=O) groups is 3. The highest BCUT2D eigenvalue weighted by molar-refractivity contribution is 8.13. The van der Waals surface area contributed by atoms with Gasteiger partial charge in [-0.15, -0.1) is 0 Å². The van der Waals surface area contributed by atoms with Crippen LogP contribution in [0.15, 0.2) is 0 Å². The van der Waals surface area contributed by atoms with Crippen LogP contribution in [0.1, 0.15) is 58.3 Å². The molecule has 0 spiro atoms. The molecule has 0 radical (unpaired) electrons. The molecular formula is C16H28N2O4S. The molecule has 1 aliphatic carbocycles. The van der Waals surface area contributed by atoms with E-state index < -0.39 is 18.6 Å². The van der Waals surface area contributed by atoms with Crippen LogP contribution in [0, 0.1) is 0 Å². The van der Waals surface area contributed by atoms with E-state index in [1.807, 2.05) is 0 Å². The summed E-state index contributed by atoms with van der Waals surface area (Å²) in [4.78, 5) is 34.5. The molecular weight excluding hydrogens is 316 g/mol. The molecule has 0 bridgehead atoms. The third kappa shape index (κ3) is 8.95. The first-order chi connectivity index (χ1) is 11.0. The van der Waals surface area contributed by atoms with Gasteiger partial charge in [0.2, 0.25) is 11.8 Å². The molecule has 1 saturated carbocycles. The van der Waals surface area contributed by atoms with Crippen LogP contribution in [0.4, 0.5) is 0 Å². The number of unbranched alkanes of at least 4 members (excludes halogenated alkanes) is 2. The van der Waals surface area contributed by atoms with Gasteiger partial charge in [0.15, 0.2) is 5.12 Å². The number of thioether (sulfide) groups is 1. The van der Waals surface area contributed by atoms with Crippen molar-refractivity contribution in [2.24, 2.45) is 0 Å². The zero-order valence-corrected chi connectivity index (χ0v) is 14.6. The number of hydrogen-bond donors (Lipinski definition) is 3. The Hall–Kier alpha value is -1.08. The predicted molar refractivity (Wildman–Crippen MR) is 91.0 cm³/mol. The monoisotopic (exact) mass is 344 g/mol. The van der Waals surface area contributed by atoms with Crippen LogP contribution in [-0.2, 0) is 14.4 Å². The van der Waals surface area contributed by atoms with Gasteiger partial charge < -0.3 is 15.7 Å². The molecule has 0 heterocycles. The van der Waals surface area contributed by atoms with Gasteiger partial charge in [-0.1, -0.05) is 37.4 Å². The quantitative estimate of drug-likeness (QED) is 0.520. The summed E-state index contributed by atoms with van der Waals surface area (Å²) in [5.41, 5.74) is 0. The average Bonchev–Trinajstić information content (AvgIpc) is 3.01. The van der Waals surface area contributed by atoms with Crippen molar-refractivity contribution in [2.75, 3.05) is 12.4 Å². The third-order valence-corrected chi connectivity index (χ3v) is 4.84. The highest BCUT2D eigenvalue weighted by atomic mass is 32.2. The lowest BCUT2D eigenvalue weighted by Gasteiger charge is -2.20. The fourth-order valence-corrected chi connectivity index (χ4v) is 3.36. The van der Waals surface area contributed by atoms with Gasteiger partial charge in [0.05, 0.1) is 0 Å². The number of nitrogens with one attached hydrogen (secondary N) is 2. The zero-order chi connectivity index (χ0) is 17.1. The second kappa shape index (κ2) is 11.5. The van der Waals surface area contributed by atoms with Crippen LogP contribution < -0.4 is 10.6 Å². The maximum absolute atomic E-state index is 12.3. The van der Waals surface area contributed by atoms with Gasteiger partial charge in [0, 0.05) is 18.7 Å². The number of aliphatic hydroxyl groups is 1. The molecule has 2 amide bonds. The first-order valence-electron chi connectivity index (χ1n) is 8.37. The van der Waals surface area contributed by atoms with Gasteiger partial charge in [0.1, 0.15) is 12.6 Å². The van der Waals surface area contributed by atoms with Crippen LogP contribution in [0.3, 0.4) is 0 Å². The molecule has 23 heavy (non-hydrogen) atoms. The Bertz CT molecular complexity index is 398. The van der Waals surface area contributed by atoms with Gasteiger partial charge >= 0.3 is 0 Å². The van der Waals surface area contributed by atoms with Gasteiger partial charge in [-0.25, -0.2) is 0 Å². The first kappa shape index (κ1) is 20.0. The van der Waals surface area contributed by atoms with Crippen molar-refractivity contribution < 1.29 is 19.5 Å². The van der Waals surface area contributed by atoms with Crippen LogP contribution >= 0.6 is 11.8 Å². The topological polar surface area (TPSA) is 95.5 Å². The van der Waals surface area contributed by atoms with Crippen molar-refractivity contribution in [1.29, 1.82) is 0 Å². The predicted octanol–water partition coefficient (Wildman–Crippen LogP) is 1.36. The van der Waals surface area contributed by atoms with E-state index >= 15 is 0 Å². The molecule has 0 saturated heterocycles. The van der Waals surface area contributed by atoms with Gasteiger partial charge in [0.25, 0.3) is 0 Å². The Kier molecular flexibility index (Phi) is 9.94. The van der Waals surface area contributed by atoms with Crippen molar-refractivity contribution in [3.05, 3.63) is 0 Å². The Balaban J connectivity index is 2.33. The third-order valence-electron chi connectivity index (χ3n) is 3.94. The van der Waals surface area contributed by atoms with Gasteiger partial charge in [-0.2, -0.15) is 0 Å². The molecule has 0 aromatic carbocycles. The molecule has 1 fully saturated rings. The van der Waals surface area contributed by atoms with Crippen LogP contribution in [0.25, 0.3) is 0 Å². The highest BCUT2D eigenvalue weighted by Crippen LogP contribution is 2.18. The van der Waals surface area contributed by atoms with E-state index in [-0.39, 0.29) is 17.1 Å². The molecule has 132 valence electrons. The number of carbonyl (C=O) groups excluding carboxylic acids is 3. The van der Waals surface area contributed by atoms with Crippen molar-refractivity contribution in [3.63, 3.8) is 0 Å². The minimum Gasteiger partial charge on any atom is -0.387 e. The van der Waals surface area contributed by atoms with E-state index in [2.05, 4.69) is 10.6 Å². The normalized spacial score (nSPS) is 16.1. The minimum absolute atomic E-state index is 0.119. The van der Waals surface area contributed by atoms with E-state index in [1.54, 1.807) is 6.92 Å². The van der Waals surface area contributed by atoms with Crippen molar-refractivity contribution >= 4 is 28.7 Å². The van der Waals surface area contributed by atoms with E-state index in [0.717, 1.165) is 50.7 Å². The van der Waals surface area contributed by atoms with E-state index in [9.17, 15) is 14.4 Å². The van der Waals surface area contributed by atoms with E-state index in [0.29, 0.717) is 6.42 Å².